The number of nitrogens with one attached hydrogen (secondary N) is 1. The van der Waals surface area contributed by atoms with E-state index in [4.69, 9.17) is 4.74 Å². The largest absolute Gasteiger partial charge is 0.378 e. The summed E-state index contributed by atoms with van der Waals surface area (Å²) in [6, 6.07) is 16.5. The number of hydrogen-bond acceptors (Lipinski definition) is 5. The molecule has 7 nitrogen and oxygen atoms in total. The first-order valence-corrected chi connectivity index (χ1v) is 10.5. The van der Waals surface area contributed by atoms with E-state index >= 15 is 0 Å². The number of pyridine rings is 1. The maximum Gasteiger partial charge on any atom is 0.228 e. The monoisotopic (exact) mass is 433 g/mol. The zero-order valence-corrected chi connectivity index (χ0v) is 17.4. The fourth-order valence-corrected chi connectivity index (χ4v) is 3.85. The zero-order valence-electron chi connectivity index (χ0n) is 17.4. The summed E-state index contributed by atoms with van der Waals surface area (Å²) < 4.78 is 21.6. The number of benzene rings is 2. The lowest BCUT2D eigenvalue weighted by molar-refractivity contribution is -0.115. The van der Waals surface area contributed by atoms with E-state index in [-0.39, 0.29) is 19.6 Å². The van der Waals surface area contributed by atoms with Crippen LogP contribution in [0.5, 0.6) is 0 Å². The van der Waals surface area contributed by atoms with Gasteiger partial charge in [-0.2, -0.15) is 5.10 Å². The number of amides is 1. The summed E-state index contributed by atoms with van der Waals surface area (Å²) >= 11 is 0. The van der Waals surface area contributed by atoms with Crippen molar-refractivity contribution in [3.63, 3.8) is 0 Å². The van der Waals surface area contributed by atoms with Crippen molar-refractivity contribution in [3.05, 3.63) is 78.5 Å². The molecular weight excluding hydrogens is 409 g/mol. The first kappa shape index (κ1) is 20.1. The van der Waals surface area contributed by atoms with E-state index in [9.17, 15) is 9.18 Å². The highest BCUT2D eigenvalue weighted by Gasteiger charge is 2.16. The normalized spacial score (nSPS) is 14.0. The van der Waals surface area contributed by atoms with Crippen LogP contribution in [0.3, 0.4) is 0 Å². The Kier molecular flexibility index (Phi) is 5.51. The van der Waals surface area contributed by atoms with Crippen molar-refractivity contribution in [2.45, 2.75) is 6.42 Å². The van der Waals surface area contributed by atoms with Crippen molar-refractivity contribution < 1.29 is 15.3 Å². The number of morpholine rings is 1. The van der Waals surface area contributed by atoms with Crippen LogP contribution in [0.2, 0.25) is 0 Å². The number of aromatic nitrogens is 3. The lowest BCUT2D eigenvalue weighted by Crippen LogP contribution is -2.36. The molecule has 4 aromatic rings. The Balaban J connectivity index is 0.00000259. The minimum Gasteiger partial charge on any atom is -0.378 e. The van der Waals surface area contributed by atoms with E-state index in [1.54, 1.807) is 16.6 Å². The van der Waals surface area contributed by atoms with Gasteiger partial charge in [0, 0.05) is 26.4 Å². The van der Waals surface area contributed by atoms with Crippen molar-refractivity contribution >= 4 is 22.9 Å². The molecule has 5 rings (SSSR count). The molecule has 0 atom stereocenters. The van der Waals surface area contributed by atoms with Crippen molar-refractivity contribution in [2.75, 3.05) is 36.5 Å². The Morgan fingerprint density at radius 2 is 1.88 bits per heavy atom. The van der Waals surface area contributed by atoms with Gasteiger partial charge in [0.05, 0.1) is 25.3 Å². The smallest absolute Gasteiger partial charge is 0.228 e. The number of rotatable bonds is 5. The van der Waals surface area contributed by atoms with Gasteiger partial charge in [0.2, 0.25) is 5.91 Å². The highest BCUT2D eigenvalue weighted by atomic mass is 19.1. The molecule has 1 N–H and O–H groups in total. The van der Waals surface area contributed by atoms with Crippen LogP contribution >= 0.6 is 0 Å². The Morgan fingerprint density at radius 1 is 1.06 bits per heavy atom. The van der Waals surface area contributed by atoms with Crippen molar-refractivity contribution in [2.24, 2.45) is 0 Å². The molecule has 1 aliphatic rings. The minimum atomic E-state index is -0.348. The van der Waals surface area contributed by atoms with Crippen LogP contribution in [0, 0.1) is 5.82 Å². The van der Waals surface area contributed by atoms with Crippen molar-refractivity contribution in [3.8, 4) is 11.1 Å². The van der Waals surface area contributed by atoms with Gasteiger partial charge in [0.15, 0.2) is 5.65 Å². The molecule has 0 saturated carbocycles. The van der Waals surface area contributed by atoms with Crippen LogP contribution in [0.4, 0.5) is 15.8 Å². The van der Waals surface area contributed by atoms with Gasteiger partial charge in [-0.15, -0.1) is 0 Å². The van der Waals surface area contributed by atoms with Gasteiger partial charge in [-0.3, -0.25) is 4.79 Å². The molecule has 1 aliphatic heterocycles. The van der Waals surface area contributed by atoms with Crippen molar-refractivity contribution in [1.82, 2.24) is 14.6 Å². The van der Waals surface area contributed by atoms with Gasteiger partial charge < -0.3 is 15.0 Å². The third kappa shape index (κ3) is 4.31. The molecule has 8 heteroatoms. The molecular formula is C24H24FN5O2. The third-order valence-electron chi connectivity index (χ3n) is 5.52. The van der Waals surface area contributed by atoms with Crippen LogP contribution in [0.25, 0.3) is 16.8 Å². The fourth-order valence-electron chi connectivity index (χ4n) is 3.85. The Bertz CT molecular complexity index is 1260. The molecule has 164 valence electrons. The molecule has 0 spiro atoms. The van der Waals surface area contributed by atoms with Gasteiger partial charge in [0.1, 0.15) is 12.1 Å². The quantitative estimate of drug-likeness (QED) is 0.518. The van der Waals surface area contributed by atoms with Crippen LogP contribution in [-0.4, -0.2) is 46.8 Å². The molecule has 0 unspecified atom stereocenters. The topological polar surface area (TPSA) is 71.8 Å². The van der Waals surface area contributed by atoms with E-state index in [0.717, 1.165) is 22.3 Å². The van der Waals surface area contributed by atoms with Gasteiger partial charge in [0.25, 0.3) is 0 Å². The van der Waals surface area contributed by atoms with E-state index in [2.05, 4.69) is 15.4 Å². The summed E-state index contributed by atoms with van der Waals surface area (Å²) in [4.78, 5) is 18.6. The number of anilines is 2. The van der Waals surface area contributed by atoms with Gasteiger partial charge in [-0.25, -0.2) is 13.9 Å². The average Bonchev–Trinajstić information content (AvgIpc) is 3.28. The first-order chi connectivity index (χ1) is 15.7. The van der Waals surface area contributed by atoms with Gasteiger partial charge in [-0.1, -0.05) is 24.3 Å². The Labute approximate surface area is 185 Å². The molecule has 3 heterocycles. The predicted molar refractivity (Wildman–Crippen MR) is 122 cm³/mol. The van der Waals surface area contributed by atoms with E-state index < -0.39 is 0 Å². The number of nitrogens with zero attached hydrogens (tertiary/aromatic N) is 4. The van der Waals surface area contributed by atoms with Gasteiger partial charge in [-0.05, 0) is 47.0 Å². The summed E-state index contributed by atoms with van der Waals surface area (Å²) in [5, 5.41) is 6.88. The second kappa shape index (κ2) is 8.76. The summed E-state index contributed by atoms with van der Waals surface area (Å²) in [7, 11) is 0. The molecule has 2 aromatic heterocycles. The molecule has 2 aromatic carbocycles. The molecule has 1 amide bonds. The third-order valence-corrected chi connectivity index (χ3v) is 5.52. The average molecular weight is 433 g/mol. The number of carbonyl (C=O) groups is 1. The summed E-state index contributed by atoms with van der Waals surface area (Å²) in [5.74, 6) is -0.542. The predicted octanol–water partition coefficient (Wildman–Crippen LogP) is 3.80. The SMILES string of the molecule is O=C(Cc1ccc(-c2ccn3ncnc3c2)cc1)Nc1ccc(N2CCOCC2)c(F)c1.[HH]. The van der Waals surface area contributed by atoms with E-state index in [1.807, 2.05) is 47.5 Å². The maximum atomic E-state index is 14.6. The lowest BCUT2D eigenvalue weighted by atomic mass is 10.0. The van der Waals surface area contributed by atoms with E-state index in [1.165, 1.54) is 12.4 Å². The van der Waals surface area contributed by atoms with Crippen LogP contribution in [0.15, 0.2) is 67.1 Å². The molecule has 1 saturated heterocycles. The van der Waals surface area contributed by atoms with E-state index in [0.29, 0.717) is 37.7 Å². The molecule has 0 radical (unpaired) electrons. The molecule has 0 bridgehead atoms. The summed E-state index contributed by atoms with van der Waals surface area (Å²) in [6.45, 7) is 2.49. The van der Waals surface area contributed by atoms with Crippen LogP contribution in [-0.2, 0) is 16.0 Å². The highest BCUT2D eigenvalue weighted by molar-refractivity contribution is 5.92. The van der Waals surface area contributed by atoms with Crippen LogP contribution < -0.4 is 10.2 Å². The second-order valence-corrected chi connectivity index (χ2v) is 7.67. The first-order valence-electron chi connectivity index (χ1n) is 10.5. The number of halogens is 1. The Morgan fingerprint density at radius 3 is 2.66 bits per heavy atom. The number of carbonyl (C=O) groups excluding carboxylic acids is 1. The number of ether oxygens (including phenoxy) is 1. The second-order valence-electron chi connectivity index (χ2n) is 7.67. The summed E-state index contributed by atoms with van der Waals surface area (Å²) in [6.07, 6.45) is 3.58. The minimum absolute atomic E-state index is 0. The number of fused-ring (bicyclic) bond motifs is 1. The molecule has 32 heavy (non-hydrogen) atoms. The molecule has 1 fully saturated rings. The zero-order chi connectivity index (χ0) is 21.9. The lowest BCUT2D eigenvalue weighted by Gasteiger charge is -2.29. The van der Waals surface area contributed by atoms with Crippen molar-refractivity contribution in [1.29, 1.82) is 0 Å². The standard InChI is InChI=1S/C24H22FN5O2.H2/c25-21-15-20(5-6-22(21)29-9-11-32-12-10-29)28-24(31)13-17-1-3-18(4-2-17)19-7-8-30-23(14-19)26-16-27-30;/h1-8,14-16H,9-13H2,(H,28,31);1H. The Hall–Kier alpha value is -3.78. The fraction of sp³-hybridized carbons (Fsp3) is 0.208. The number of hydrogen-bond donors (Lipinski definition) is 1. The highest BCUT2D eigenvalue weighted by Crippen LogP contribution is 2.24. The molecule has 0 aliphatic carbocycles. The maximum absolute atomic E-state index is 14.6. The summed E-state index contributed by atoms with van der Waals surface area (Å²) in [5.41, 5.74) is 4.68. The van der Waals surface area contributed by atoms with Gasteiger partial charge >= 0.3 is 0 Å². The van der Waals surface area contributed by atoms with Crippen LogP contribution in [0.1, 0.15) is 6.99 Å².